The van der Waals surface area contributed by atoms with Gasteiger partial charge in [-0.05, 0) is 68.1 Å². The lowest BCUT2D eigenvalue weighted by molar-refractivity contribution is 0.315. The molecule has 1 nitrogen and oxygen atoms in total. The summed E-state index contributed by atoms with van der Waals surface area (Å²) in [6.45, 7) is 2.81. The molecule has 0 aliphatic heterocycles. The van der Waals surface area contributed by atoms with Crippen molar-refractivity contribution in [1.82, 2.24) is 0 Å². The second-order valence-corrected chi connectivity index (χ2v) is 7.83. The molecule has 0 N–H and O–H groups in total. The van der Waals surface area contributed by atoms with Crippen LogP contribution >= 0.6 is 54.8 Å². The molecule has 0 saturated heterocycles. The predicted molar refractivity (Wildman–Crippen MR) is 89.6 cm³/mol. The monoisotopic (exact) mass is 422 g/mol. The van der Waals surface area contributed by atoms with Gasteiger partial charge in [0.2, 0.25) is 0 Å². The van der Waals surface area contributed by atoms with Gasteiger partial charge in [0.15, 0.2) is 0 Å². The van der Waals surface area contributed by atoms with Crippen LogP contribution < -0.4 is 4.74 Å². The summed E-state index contributed by atoms with van der Waals surface area (Å²) in [6, 6.07) is 10.1. The standard InChI is InChI=1S/C14H13Br2ClOS/c1-2-7-18-11-4-3-9(8-10(11)15)14(17)12-5-6-13(16)19-12/h3-6,8,14H,2,7H2,1H3. The maximum absolute atomic E-state index is 6.50. The van der Waals surface area contributed by atoms with Crippen molar-refractivity contribution >= 4 is 54.8 Å². The maximum Gasteiger partial charge on any atom is 0.133 e. The van der Waals surface area contributed by atoms with E-state index in [4.69, 9.17) is 16.3 Å². The Morgan fingerprint density at radius 2 is 2.05 bits per heavy atom. The number of ether oxygens (including phenoxy) is 1. The van der Waals surface area contributed by atoms with Crippen LogP contribution in [0.25, 0.3) is 0 Å². The van der Waals surface area contributed by atoms with Gasteiger partial charge in [-0.2, -0.15) is 0 Å². The van der Waals surface area contributed by atoms with Gasteiger partial charge < -0.3 is 4.74 Å². The van der Waals surface area contributed by atoms with Crippen LogP contribution in [0.2, 0.25) is 0 Å². The lowest BCUT2D eigenvalue weighted by Gasteiger charge is -2.11. The number of thiophene rings is 1. The third kappa shape index (κ3) is 3.97. The summed E-state index contributed by atoms with van der Waals surface area (Å²) in [5, 5.41) is -0.132. The molecule has 0 aliphatic carbocycles. The van der Waals surface area contributed by atoms with Crippen LogP contribution in [0.3, 0.4) is 0 Å². The molecule has 1 unspecified atom stereocenters. The summed E-state index contributed by atoms with van der Waals surface area (Å²) in [5.41, 5.74) is 1.06. The van der Waals surface area contributed by atoms with Crippen LogP contribution in [0.5, 0.6) is 5.75 Å². The Bertz CT molecular complexity index is 556. The third-order valence-corrected chi connectivity index (χ3v) is 5.48. The van der Waals surface area contributed by atoms with Crippen molar-refractivity contribution in [3.05, 3.63) is 49.0 Å². The quantitative estimate of drug-likeness (QED) is 0.505. The molecule has 1 heterocycles. The first kappa shape index (κ1) is 15.4. The van der Waals surface area contributed by atoms with Crippen molar-refractivity contribution in [2.45, 2.75) is 18.7 Å². The van der Waals surface area contributed by atoms with Crippen LogP contribution in [0.4, 0.5) is 0 Å². The van der Waals surface area contributed by atoms with E-state index in [9.17, 15) is 0 Å². The fourth-order valence-corrected chi connectivity index (χ4v) is 3.92. The average Bonchev–Trinajstić information content (AvgIpc) is 2.83. The van der Waals surface area contributed by atoms with Crippen molar-refractivity contribution in [1.29, 1.82) is 0 Å². The highest BCUT2D eigenvalue weighted by atomic mass is 79.9. The minimum absolute atomic E-state index is 0.132. The smallest absolute Gasteiger partial charge is 0.133 e. The Hall–Kier alpha value is -0.0300. The zero-order valence-corrected chi connectivity index (χ0v) is 15.1. The first-order valence-corrected chi connectivity index (χ1v) is 8.77. The minimum atomic E-state index is -0.132. The normalized spacial score (nSPS) is 12.4. The lowest BCUT2D eigenvalue weighted by Crippen LogP contribution is -1.97. The number of hydrogen-bond donors (Lipinski definition) is 0. The third-order valence-electron chi connectivity index (χ3n) is 2.55. The first-order valence-electron chi connectivity index (χ1n) is 5.93. The zero-order valence-electron chi connectivity index (χ0n) is 10.3. The molecule has 5 heteroatoms. The minimum Gasteiger partial charge on any atom is -0.492 e. The fraction of sp³-hybridized carbons (Fsp3) is 0.286. The molecule has 2 aromatic rings. The summed E-state index contributed by atoms with van der Waals surface area (Å²) in [7, 11) is 0. The Balaban J connectivity index is 2.19. The molecule has 0 radical (unpaired) electrons. The highest BCUT2D eigenvalue weighted by Crippen LogP contribution is 2.38. The summed E-state index contributed by atoms with van der Waals surface area (Å²) >= 11 is 15.1. The summed E-state index contributed by atoms with van der Waals surface area (Å²) in [4.78, 5) is 1.13. The highest BCUT2D eigenvalue weighted by molar-refractivity contribution is 9.11. The Labute approximate surface area is 139 Å². The van der Waals surface area contributed by atoms with E-state index in [2.05, 4.69) is 38.8 Å². The predicted octanol–water partition coefficient (Wildman–Crippen LogP) is 6.39. The van der Waals surface area contributed by atoms with E-state index in [1.54, 1.807) is 11.3 Å². The van der Waals surface area contributed by atoms with E-state index >= 15 is 0 Å². The molecular weight excluding hydrogens is 411 g/mol. The van der Waals surface area contributed by atoms with Crippen molar-refractivity contribution in [2.24, 2.45) is 0 Å². The van der Waals surface area contributed by atoms with E-state index in [0.717, 1.165) is 37.5 Å². The van der Waals surface area contributed by atoms with E-state index in [-0.39, 0.29) is 5.38 Å². The van der Waals surface area contributed by atoms with Crippen LogP contribution in [0.1, 0.15) is 29.2 Å². The van der Waals surface area contributed by atoms with Gasteiger partial charge in [-0.25, -0.2) is 0 Å². The van der Waals surface area contributed by atoms with Gasteiger partial charge in [0.1, 0.15) is 5.75 Å². The van der Waals surface area contributed by atoms with Crippen LogP contribution in [0.15, 0.2) is 38.6 Å². The number of benzene rings is 1. The van der Waals surface area contributed by atoms with Crippen molar-refractivity contribution in [2.75, 3.05) is 6.61 Å². The van der Waals surface area contributed by atoms with Gasteiger partial charge in [-0.1, -0.05) is 13.0 Å². The fourth-order valence-electron chi connectivity index (χ4n) is 1.63. The number of alkyl halides is 1. The molecule has 1 atom stereocenters. The molecule has 0 spiro atoms. The van der Waals surface area contributed by atoms with Gasteiger partial charge in [-0.15, -0.1) is 22.9 Å². The molecule has 1 aromatic heterocycles. The Morgan fingerprint density at radius 3 is 2.63 bits per heavy atom. The van der Waals surface area contributed by atoms with Crippen LogP contribution in [-0.2, 0) is 0 Å². The summed E-state index contributed by atoms with van der Waals surface area (Å²) < 4.78 is 7.67. The summed E-state index contributed by atoms with van der Waals surface area (Å²) in [6.07, 6.45) is 0.996. The molecule has 0 fully saturated rings. The van der Waals surface area contributed by atoms with E-state index in [1.807, 2.05) is 30.3 Å². The van der Waals surface area contributed by atoms with Gasteiger partial charge >= 0.3 is 0 Å². The number of rotatable bonds is 5. The van der Waals surface area contributed by atoms with E-state index < -0.39 is 0 Å². The first-order chi connectivity index (χ1) is 9.11. The van der Waals surface area contributed by atoms with Crippen molar-refractivity contribution in [3.63, 3.8) is 0 Å². The molecule has 0 bridgehead atoms. The molecule has 2 rings (SSSR count). The average molecular weight is 425 g/mol. The molecule has 19 heavy (non-hydrogen) atoms. The zero-order chi connectivity index (χ0) is 13.8. The second-order valence-electron chi connectivity index (χ2n) is 4.04. The SMILES string of the molecule is CCCOc1ccc(C(Cl)c2ccc(Br)s2)cc1Br. The highest BCUT2D eigenvalue weighted by Gasteiger charge is 2.14. The van der Waals surface area contributed by atoms with Crippen LogP contribution in [-0.4, -0.2) is 6.61 Å². The number of halogens is 3. The van der Waals surface area contributed by atoms with Gasteiger partial charge in [0.25, 0.3) is 0 Å². The molecule has 0 amide bonds. The van der Waals surface area contributed by atoms with E-state index in [0.29, 0.717) is 0 Å². The molecular formula is C14H13Br2ClOS. The molecule has 1 aromatic carbocycles. The Morgan fingerprint density at radius 1 is 1.26 bits per heavy atom. The van der Waals surface area contributed by atoms with E-state index in [1.165, 1.54) is 0 Å². The topological polar surface area (TPSA) is 9.23 Å². The van der Waals surface area contributed by atoms with Crippen molar-refractivity contribution in [3.8, 4) is 5.75 Å². The van der Waals surface area contributed by atoms with Crippen molar-refractivity contribution < 1.29 is 4.74 Å². The maximum atomic E-state index is 6.50. The van der Waals surface area contributed by atoms with Gasteiger partial charge in [-0.3, -0.25) is 0 Å². The molecule has 0 aliphatic rings. The Kier molecular flexibility index (Phi) is 5.75. The van der Waals surface area contributed by atoms with Gasteiger partial charge in [0, 0.05) is 4.88 Å². The lowest BCUT2D eigenvalue weighted by atomic mass is 10.1. The largest absolute Gasteiger partial charge is 0.492 e. The summed E-state index contributed by atoms with van der Waals surface area (Å²) in [5.74, 6) is 0.863. The molecule has 102 valence electrons. The van der Waals surface area contributed by atoms with Gasteiger partial charge in [0.05, 0.1) is 20.2 Å². The number of hydrogen-bond acceptors (Lipinski definition) is 2. The van der Waals surface area contributed by atoms with Crippen LogP contribution in [0, 0.1) is 0 Å². The second kappa shape index (κ2) is 7.11. The molecule has 0 saturated carbocycles.